The van der Waals surface area contributed by atoms with Crippen LogP contribution in [0.5, 0.6) is 5.75 Å². The molecule has 76 valence electrons. The Morgan fingerprint density at radius 2 is 1.86 bits per heavy atom. The first kappa shape index (κ1) is 5.90. The molecule has 0 aliphatic heterocycles. The van der Waals surface area contributed by atoms with Crippen molar-refractivity contribution in [2.75, 3.05) is 0 Å². The zero-order valence-electron chi connectivity index (χ0n) is 10.4. The van der Waals surface area contributed by atoms with Crippen molar-refractivity contribution in [3.8, 4) is 5.75 Å². The quantitative estimate of drug-likeness (QED) is 0.814. The van der Waals surface area contributed by atoms with E-state index < -0.39 is 47.8 Å². The summed E-state index contributed by atoms with van der Waals surface area (Å²) in [6.07, 6.45) is -5.20. The van der Waals surface area contributed by atoms with Gasteiger partial charge in [-0.05, 0) is 24.2 Å². The van der Waals surface area contributed by atoms with Crippen LogP contribution >= 0.6 is 0 Å². The van der Waals surface area contributed by atoms with Crippen LogP contribution in [0.4, 0.5) is 13.2 Å². The van der Waals surface area contributed by atoms with E-state index in [1.165, 1.54) is 0 Å². The van der Waals surface area contributed by atoms with Crippen LogP contribution in [-0.2, 0) is 0 Å². The summed E-state index contributed by atoms with van der Waals surface area (Å²) in [5, 5.41) is 8.65. The molecule has 0 atom stereocenters. The van der Waals surface area contributed by atoms with Gasteiger partial charge in [0.05, 0.1) is 11.0 Å². The van der Waals surface area contributed by atoms with E-state index in [9.17, 15) is 18.0 Å². The minimum absolute atomic E-state index is 1.01. The molecule has 0 saturated carbocycles. The maximum absolute atomic E-state index is 12.0. The highest BCUT2D eigenvalue weighted by molar-refractivity contribution is 5.87. The molecular formula is C8H5F3O3. The lowest BCUT2D eigenvalue weighted by Gasteiger charge is -2.08. The molecule has 1 aromatic carbocycles. The van der Waals surface area contributed by atoms with Crippen molar-refractivity contribution in [3.05, 3.63) is 29.7 Å². The van der Waals surface area contributed by atoms with Crippen LogP contribution in [0.1, 0.15) is 15.8 Å². The van der Waals surface area contributed by atoms with Crippen molar-refractivity contribution in [1.82, 2.24) is 0 Å². The van der Waals surface area contributed by atoms with Gasteiger partial charge in [0.1, 0.15) is 5.75 Å². The van der Waals surface area contributed by atoms with E-state index in [0.717, 1.165) is 0 Å². The smallest absolute Gasteiger partial charge is 0.478 e. The van der Waals surface area contributed by atoms with Gasteiger partial charge in [-0.15, -0.1) is 13.2 Å². The van der Waals surface area contributed by atoms with Gasteiger partial charge in [0.15, 0.2) is 0 Å². The fourth-order valence-corrected chi connectivity index (χ4v) is 0.575. The summed E-state index contributed by atoms with van der Waals surface area (Å²) < 4.78 is 68.1. The van der Waals surface area contributed by atoms with Crippen LogP contribution in [0.3, 0.4) is 0 Å². The van der Waals surface area contributed by atoms with Crippen molar-refractivity contribution in [2.45, 2.75) is 6.36 Å². The van der Waals surface area contributed by atoms with E-state index in [2.05, 4.69) is 4.74 Å². The monoisotopic (exact) mass is 210 g/mol. The van der Waals surface area contributed by atoms with Gasteiger partial charge >= 0.3 is 12.3 Å². The molecule has 0 spiro atoms. The highest BCUT2D eigenvalue weighted by Crippen LogP contribution is 2.22. The predicted molar refractivity (Wildman–Crippen MR) is 40.1 cm³/mol. The number of benzene rings is 1. The summed E-state index contributed by atoms with van der Waals surface area (Å²) >= 11 is 0. The first-order valence-corrected chi connectivity index (χ1v) is 3.15. The SMILES string of the molecule is [2H]c1c([2H])c(C(=O)O)c([2H])c([2H])c1OC(F)(F)F. The summed E-state index contributed by atoms with van der Waals surface area (Å²) in [4.78, 5) is 10.7. The van der Waals surface area contributed by atoms with Gasteiger partial charge in [0.2, 0.25) is 0 Å². The molecular weight excluding hydrogens is 201 g/mol. The first-order valence-electron chi connectivity index (χ1n) is 5.15. The lowest BCUT2D eigenvalue weighted by Crippen LogP contribution is -2.17. The Morgan fingerprint density at radius 3 is 2.21 bits per heavy atom. The van der Waals surface area contributed by atoms with E-state index in [0.29, 0.717) is 0 Å². The average molecular weight is 210 g/mol. The summed E-state index contributed by atoms with van der Waals surface area (Å²) in [5.74, 6) is -3.13. The van der Waals surface area contributed by atoms with E-state index >= 15 is 0 Å². The third kappa shape index (κ3) is 2.96. The van der Waals surface area contributed by atoms with E-state index in [-0.39, 0.29) is 0 Å². The molecule has 0 amide bonds. The number of ether oxygens (including phenoxy) is 1. The largest absolute Gasteiger partial charge is 0.573 e. The summed E-state index contributed by atoms with van der Waals surface area (Å²) in [5.41, 5.74) is -1.01. The second kappa shape index (κ2) is 3.57. The Bertz CT molecular complexity index is 486. The highest BCUT2D eigenvalue weighted by atomic mass is 19.4. The van der Waals surface area contributed by atoms with E-state index in [4.69, 9.17) is 10.6 Å². The summed E-state index contributed by atoms with van der Waals surface area (Å²) in [6, 6.07) is -4.62. The van der Waals surface area contributed by atoms with Crippen LogP contribution in [0, 0.1) is 0 Å². The van der Waals surface area contributed by atoms with Crippen LogP contribution in [0.15, 0.2) is 24.2 Å². The number of rotatable bonds is 2. The summed E-state index contributed by atoms with van der Waals surface area (Å²) in [7, 11) is 0. The average Bonchev–Trinajstić information content (AvgIpc) is 2.20. The van der Waals surface area contributed by atoms with Gasteiger partial charge in [-0.2, -0.15) is 0 Å². The molecule has 0 heterocycles. The van der Waals surface area contributed by atoms with Gasteiger partial charge in [-0.3, -0.25) is 0 Å². The van der Waals surface area contributed by atoms with E-state index in [1.54, 1.807) is 0 Å². The normalized spacial score (nSPS) is 15.1. The highest BCUT2D eigenvalue weighted by Gasteiger charge is 2.30. The Labute approximate surface area is 82.3 Å². The molecule has 6 heteroatoms. The van der Waals surface area contributed by atoms with Crippen LogP contribution < -0.4 is 4.74 Å². The number of carboxylic acids is 1. The molecule has 0 aliphatic rings. The number of hydrogen-bond acceptors (Lipinski definition) is 2. The van der Waals surface area contributed by atoms with Crippen molar-refractivity contribution in [3.63, 3.8) is 0 Å². The maximum atomic E-state index is 12.0. The molecule has 0 fully saturated rings. The van der Waals surface area contributed by atoms with Gasteiger partial charge in [0, 0.05) is 0 Å². The number of carbonyl (C=O) groups is 1. The molecule has 1 rings (SSSR count). The van der Waals surface area contributed by atoms with Gasteiger partial charge in [0.25, 0.3) is 0 Å². The zero-order valence-corrected chi connectivity index (χ0v) is 6.40. The predicted octanol–water partition coefficient (Wildman–Crippen LogP) is 2.28. The molecule has 3 nitrogen and oxygen atoms in total. The third-order valence-corrected chi connectivity index (χ3v) is 1.03. The number of carboxylic acid groups (broad SMARTS) is 1. The fourth-order valence-electron chi connectivity index (χ4n) is 0.575. The number of hydrogen-bond donors (Lipinski definition) is 1. The fraction of sp³-hybridized carbons (Fsp3) is 0.125. The Morgan fingerprint density at radius 1 is 1.36 bits per heavy atom. The Hall–Kier alpha value is -1.72. The second-order valence-electron chi connectivity index (χ2n) is 2.06. The van der Waals surface area contributed by atoms with Gasteiger partial charge in [-0.25, -0.2) is 4.79 Å². The van der Waals surface area contributed by atoms with Crippen LogP contribution in [0.2, 0.25) is 0 Å². The minimum atomic E-state index is -5.20. The van der Waals surface area contributed by atoms with Crippen molar-refractivity contribution in [1.29, 1.82) is 0 Å². The lowest BCUT2D eigenvalue weighted by atomic mass is 10.2. The van der Waals surface area contributed by atoms with Crippen molar-refractivity contribution < 1.29 is 33.3 Å². The molecule has 14 heavy (non-hydrogen) atoms. The Kier molecular flexibility index (Phi) is 1.50. The topological polar surface area (TPSA) is 46.5 Å². The molecule has 0 unspecified atom stereocenters. The van der Waals surface area contributed by atoms with Crippen LogP contribution in [-0.4, -0.2) is 17.4 Å². The summed E-state index contributed by atoms with van der Waals surface area (Å²) in [6.45, 7) is 0. The molecule has 0 radical (unpaired) electrons. The lowest BCUT2D eigenvalue weighted by molar-refractivity contribution is -0.274. The standard InChI is InChI=1S/C8H5F3O3/c9-8(10,11)14-6-3-1-5(2-4-6)7(12)13/h1-4H,(H,12,13)/i1D,2D,3D,4D. The van der Waals surface area contributed by atoms with Crippen molar-refractivity contribution >= 4 is 5.97 Å². The van der Waals surface area contributed by atoms with Crippen LogP contribution in [0.25, 0.3) is 0 Å². The molecule has 0 aromatic heterocycles. The minimum Gasteiger partial charge on any atom is -0.478 e. The number of aromatic carboxylic acids is 1. The van der Waals surface area contributed by atoms with Gasteiger partial charge < -0.3 is 9.84 Å². The molecule has 1 aromatic rings. The second-order valence-corrected chi connectivity index (χ2v) is 2.06. The molecule has 0 bridgehead atoms. The first-order chi connectivity index (χ1) is 8.06. The number of halogens is 3. The Balaban J connectivity index is 3.54. The maximum Gasteiger partial charge on any atom is 0.573 e. The third-order valence-electron chi connectivity index (χ3n) is 1.03. The molecule has 1 N–H and O–H groups in total. The van der Waals surface area contributed by atoms with E-state index in [1.807, 2.05) is 0 Å². The van der Waals surface area contributed by atoms with Gasteiger partial charge in [-0.1, -0.05) is 0 Å². The molecule has 0 aliphatic carbocycles. The zero-order chi connectivity index (χ0) is 14.2. The molecule has 0 saturated heterocycles. The van der Waals surface area contributed by atoms with Crippen molar-refractivity contribution in [2.24, 2.45) is 0 Å². The number of alkyl halides is 3.